The van der Waals surface area contributed by atoms with Gasteiger partial charge in [0, 0.05) is 19.0 Å². The molecule has 29 heavy (non-hydrogen) atoms. The Hall–Kier alpha value is -2.65. The predicted molar refractivity (Wildman–Crippen MR) is 110 cm³/mol. The number of carboxylic acid groups (broad SMARTS) is 1. The van der Waals surface area contributed by atoms with Crippen molar-refractivity contribution in [1.82, 2.24) is 0 Å². The van der Waals surface area contributed by atoms with E-state index in [9.17, 15) is 14.8 Å². The summed E-state index contributed by atoms with van der Waals surface area (Å²) in [6, 6.07) is 11.1. The van der Waals surface area contributed by atoms with Crippen LogP contribution in [0.5, 0.6) is 0 Å². The quantitative estimate of drug-likeness (QED) is 0.396. The summed E-state index contributed by atoms with van der Waals surface area (Å²) in [6.45, 7) is 3.58. The summed E-state index contributed by atoms with van der Waals surface area (Å²) >= 11 is 0. The van der Waals surface area contributed by atoms with Crippen molar-refractivity contribution >= 4 is 42.6 Å². The highest BCUT2D eigenvalue weighted by Crippen LogP contribution is 2.12. The minimum Gasteiger partial charge on any atom is -0.481 e. The summed E-state index contributed by atoms with van der Waals surface area (Å²) < 4.78 is 10.0. The summed E-state index contributed by atoms with van der Waals surface area (Å²) in [7, 11) is -1.61. The zero-order valence-electron chi connectivity index (χ0n) is 16.3. The third-order valence-corrected chi connectivity index (χ3v) is 4.16. The number of hydrogen-bond acceptors (Lipinski definition) is 7. The highest BCUT2D eigenvalue weighted by Gasteiger charge is 2.27. The van der Waals surface area contributed by atoms with E-state index in [0.29, 0.717) is 25.3 Å². The summed E-state index contributed by atoms with van der Waals surface area (Å²) in [5, 5.41) is 26.1. The van der Waals surface area contributed by atoms with Crippen LogP contribution in [0.25, 0.3) is 0 Å². The first-order valence-electron chi connectivity index (χ1n) is 8.95. The molecule has 0 aromatic heterocycles. The number of carboxylic acids is 1. The molecule has 2 aliphatic rings. The van der Waals surface area contributed by atoms with Crippen LogP contribution in [0.2, 0.25) is 0 Å². The summed E-state index contributed by atoms with van der Waals surface area (Å²) in [4.78, 5) is 19.9. The van der Waals surface area contributed by atoms with Crippen molar-refractivity contribution in [1.29, 1.82) is 0 Å². The third-order valence-electron chi connectivity index (χ3n) is 4.16. The lowest BCUT2D eigenvalue weighted by molar-refractivity contribution is -0.134. The fourth-order valence-electron chi connectivity index (χ4n) is 2.89. The average Bonchev–Trinajstić information content (AvgIpc) is 3.18. The third kappa shape index (κ3) is 6.72. The smallest absolute Gasteiger partial charge is 0.481 e. The Morgan fingerprint density at radius 2 is 1.45 bits per heavy atom. The SMILES string of the molecule is CC(=O)Cc1ccc2c(c1)B(O)OC2.CC(=O)O.Nc1ccc2c(c1)B(O)OC2. The van der Waals surface area contributed by atoms with Crippen molar-refractivity contribution < 1.29 is 34.1 Å². The average molecular weight is 399 g/mol. The van der Waals surface area contributed by atoms with Gasteiger partial charge < -0.3 is 30.2 Å². The molecule has 0 spiro atoms. The minimum absolute atomic E-state index is 0.123. The highest BCUT2D eigenvalue weighted by molar-refractivity contribution is 6.62. The monoisotopic (exact) mass is 399 g/mol. The predicted octanol–water partition coefficient (Wildman–Crippen LogP) is -0.387. The maximum Gasteiger partial charge on any atom is 0.491 e. The Bertz CT molecular complexity index is 887. The lowest BCUT2D eigenvalue weighted by Gasteiger charge is -2.02. The first kappa shape index (κ1) is 22.6. The van der Waals surface area contributed by atoms with Gasteiger partial charge in [-0.05, 0) is 46.7 Å². The zero-order chi connectivity index (χ0) is 21.6. The Balaban J connectivity index is 0.000000179. The molecule has 4 rings (SSSR count). The van der Waals surface area contributed by atoms with E-state index in [2.05, 4.69) is 0 Å². The van der Waals surface area contributed by atoms with Crippen LogP contribution in [0, 0.1) is 0 Å². The standard InChI is InChI=1S/C10H11BO3.C7H8BNO2.C2H4O2/c1-7(12)4-8-2-3-9-6-14-11(13)10(9)5-8;9-6-2-1-5-4-11-8(10)7(5)3-6;1-2(3)4/h2-3,5,13H,4,6H2,1H3;1-3,10H,4,9H2;1H3,(H,3,4). The van der Waals surface area contributed by atoms with Crippen molar-refractivity contribution in [3.05, 3.63) is 53.1 Å². The van der Waals surface area contributed by atoms with Gasteiger partial charge in [-0.15, -0.1) is 0 Å². The maximum absolute atomic E-state index is 10.9. The molecule has 0 saturated carbocycles. The first-order valence-corrected chi connectivity index (χ1v) is 8.95. The maximum atomic E-state index is 10.9. The molecular weight excluding hydrogens is 376 g/mol. The molecule has 0 saturated heterocycles. The van der Waals surface area contributed by atoms with E-state index in [-0.39, 0.29) is 5.78 Å². The van der Waals surface area contributed by atoms with Crippen LogP contribution < -0.4 is 16.7 Å². The van der Waals surface area contributed by atoms with Gasteiger partial charge in [-0.3, -0.25) is 9.59 Å². The number of carbonyl (C=O) groups is 2. The van der Waals surface area contributed by atoms with Gasteiger partial charge in [0.15, 0.2) is 0 Å². The lowest BCUT2D eigenvalue weighted by atomic mass is 9.78. The van der Waals surface area contributed by atoms with Gasteiger partial charge in [-0.1, -0.05) is 24.3 Å². The van der Waals surface area contributed by atoms with Gasteiger partial charge in [-0.2, -0.15) is 0 Å². The number of nitrogen functional groups attached to an aromatic ring is 1. The van der Waals surface area contributed by atoms with Crippen LogP contribution in [-0.4, -0.2) is 41.1 Å². The molecule has 152 valence electrons. The molecule has 0 bridgehead atoms. The summed E-state index contributed by atoms with van der Waals surface area (Å²) in [6.07, 6.45) is 0.417. The molecule has 8 nitrogen and oxygen atoms in total. The largest absolute Gasteiger partial charge is 0.491 e. The van der Waals surface area contributed by atoms with Crippen LogP contribution in [0.4, 0.5) is 5.69 Å². The number of ketones is 1. The topological polar surface area (TPSA) is 139 Å². The Morgan fingerprint density at radius 1 is 0.966 bits per heavy atom. The summed E-state index contributed by atoms with van der Waals surface area (Å²) in [5.74, 6) is -0.710. The van der Waals surface area contributed by atoms with Crippen LogP contribution >= 0.6 is 0 Å². The van der Waals surface area contributed by atoms with E-state index in [1.807, 2.05) is 24.3 Å². The van der Waals surface area contributed by atoms with Crippen molar-refractivity contribution in [2.24, 2.45) is 0 Å². The lowest BCUT2D eigenvalue weighted by Crippen LogP contribution is -2.28. The molecule has 10 heteroatoms. The second kappa shape index (κ2) is 10.2. The van der Waals surface area contributed by atoms with Crippen molar-refractivity contribution in [3.8, 4) is 0 Å². The van der Waals surface area contributed by atoms with E-state index in [0.717, 1.165) is 34.5 Å². The number of Topliss-reactive ketones (excluding diaryl/α,β-unsaturated/α-hetero) is 1. The molecule has 2 aromatic rings. The molecule has 0 fully saturated rings. The number of aliphatic carboxylic acids is 1. The van der Waals surface area contributed by atoms with Gasteiger partial charge in [0.05, 0.1) is 13.2 Å². The van der Waals surface area contributed by atoms with E-state index >= 15 is 0 Å². The molecule has 0 amide bonds. The van der Waals surface area contributed by atoms with E-state index in [1.54, 1.807) is 19.1 Å². The van der Waals surface area contributed by atoms with Crippen LogP contribution in [0.15, 0.2) is 36.4 Å². The highest BCUT2D eigenvalue weighted by atomic mass is 16.5. The van der Waals surface area contributed by atoms with Crippen molar-refractivity contribution in [2.45, 2.75) is 33.5 Å². The normalized spacial score (nSPS) is 13.5. The number of hydrogen-bond donors (Lipinski definition) is 4. The van der Waals surface area contributed by atoms with Gasteiger partial charge in [0.2, 0.25) is 0 Å². The molecule has 2 heterocycles. The number of fused-ring (bicyclic) bond motifs is 2. The fraction of sp³-hybridized carbons (Fsp3) is 0.263. The Labute approximate surface area is 169 Å². The first-order chi connectivity index (χ1) is 13.7. The molecule has 0 radical (unpaired) electrons. The Morgan fingerprint density at radius 3 is 1.97 bits per heavy atom. The molecule has 0 unspecified atom stereocenters. The van der Waals surface area contributed by atoms with Gasteiger partial charge in [0.25, 0.3) is 5.97 Å². The van der Waals surface area contributed by atoms with Gasteiger partial charge >= 0.3 is 14.2 Å². The molecule has 2 aliphatic heterocycles. The fourth-order valence-corrected chi connectivity index (χ4v) is 2.89. The van der Waals surface area contributed by atoms with E-state index < -0.39 is 20.2 Å². The number of benzene rings is 2. The number of rotatable bonds is 2. The minimum atomic E-state index is -0.833. The number of nitrogens with two attached hydrogens (primary N) is 1. The van der Waals surface area contributed by atoms with Crippen molar-refractivity contribution in [2.75, 3.05) is 5.73 Å². The van der Waals surface area contributed by atoms with Crippen molar-refractivity contribution in [3.63, 3.8) is 0 Å². The molecular formula is C19H23B2NO7. The molecule has 2 aromatic carbocycles. The second-order valence-electron chi connectivity index (χ2n) is 6.72. The summed E-state index contributed by atoms with van der Waals surface area (Å²) in [5.41, 5.74) is 10.7. The zero-order valence-corrected chi connectivity index (χ0v) is 16.3. The molecule has 0 atom stereocenters. The molecule has 0 aliphatic carbocycles. The van der Waals surface area contributed by atoms with Gasteiger partial charge in [0.1, 0.15) is 5.78 Å². The number of carbonyl (C=O) groups excluding carboxylic acids is 1. The van der Waals surface area contributed by atoms with Crippen LogP contribution in [0.1, 0.15) is 30.5 Å². The van der Waals surface area contributed by atoms with E-state index in [4.69, 9.17) is 24.9 Å². The van der Waals surface area contributed by atoms with E-state index in [1.165, 1.54) is 0 Å². The van der Waals surface area contributed by atoms with Crippen LogP contribution in [0.3, 0.4) is 0 Å². The van der Waals surface area contributed by atoms with Crippen LogP contribution in [-0.2, 0) is 38.5 Å². The number of anilines is 1. The molecule has 5 N–H and O–H groups in total. The second-order valence-corrected chi connectivity index (χ2v) is 6.72. The van der Waals surface area contributed by atoms with Gasteiger partial charge in [-0.25, -0.2) is 0 Å². The Kier molecular flexibility index (Phi) is 7.98.